The summed E-state index contributed by atoms with van der Waals surface area (Å²) in [6.07, 6.45) is 1.34. The molecule has 4 nitrogen and oxygen atoms in total. The van der Waals surface area contributed by atoms with E-state index in [4.69, 9.17) is 22.4 Å². The number of anilines is 1. The van der Waals surface area contributed by atoms with E-state index in [2.05, 4.69) is 9.97 Å². The molecule has 1 aromatic heterocycles. The number of nitrogens with two attached hydrogens (primary N) is 1. The fourth-order valence-electron chi connectivity index (χ4n) is 0.528. The van der Waals surface area contributed by atoms with Gasteiger partial charge in [0.15, 0.2) is 0 Å². The Morgan fingerprint density at radius 3 is 2.90 bits per heavy atom. The van der Waals surface area contributed by atoms with Crippen molar-refractivity contribution in [1.29, 1.82) is 0 Å². The van der Waals surface area contributed by atoms with Gasteiger partial charge in [-0.2, -0.15) is 0 Å². The molecular formula is C5H6ClN3O. The second-order valence-corrected chi connectivity index (χ2v) is 2.07. The first kappa shape index (κ1) is 7.24. The Morgan fingerprint density at radius 2 is 2.40 bits per heavy atom. The molecule has 0 bridgehead atoms. The third-order valence-corrected chi connectivity index (χ3v) is 1.18. The molecule has 0 unspecified atom stereocenters. The molecular weight excluding hydrogens is 154 g/mol. The topological polar surface area (TPSA) is 72.0 Å². The predicted octanol–water partition coefficient (Wildman–Crippen LogP) is 0.204. The van der Waals surface area contributed by atoms with Gasteiger partial charge in [0.25, 0.3) is 0 Å². The van der Waals surface area contributed by atoms with E-state index in [1.165, 1.54) is 6.20 Å². The zero-order valence-electron chi connectivity index (χ0n) is 5.08. The molecule has 0 aromatic carbocycles. The molecule has 1 heterocycles. The molecule has 3 N–H and O–H groups in total. The molecule has 0 aliphatic rings. The van der Waals surface area contributed by atoms with Gasteiger partial charge in [0.05, 0.1) is 12.8 Å². The normalized spacial score (nSPS) is 9.80. The summed E-state index contributed by atoms with van der Waals surface area (Å²) in [7, 11) is 0. The Kier molecular flexibility index (Phi) is 2.03. The van der Waals surface area contributed by atoms with Gasteiger partial charge in [-0.15, -0.1) is 0 Å². The Balaban J connectivity index is 3.07. The number of rotatable bonds is 1. The van der Waals surface area contributed by atoms with E-state index in [0.717, 1.165) is 0 Å². The number of aromatic nitrogens is 2. The van der Waals surface area contributed by atoms with Crippen molar-refractivity contribution in [3.8, 4) is 0 Å². The summed E-state index contributed by atoms with van der Waals surface area (Å²) in [5.41, 5.74) is 5.67. The fourth-order valence-corrected chi connectivity index (χ4v) is 0.667. The first-order valence-corrected chi connectivity index (χ1v) is 2.99. The molecule has 0 saturated heterocycles. The molecule has 0 aliphatic carbocycles. The summed E-state index contributed by atoms with van der Waals surface area (Å²) in [5, 5.41) is 8.81. The van der Waals surface area contributed by atoms with Gasteiger partial charge >= 0.3 is 0 Å². The van der Waals surface area contributed by atoms with Gasteiger partial charge in [0.2, 0.25) is 0 Å². The first-order valence-electron chi connectivity index (χ1n) is 2.62. The number of halogens is 1. The fraction of sp³-hybridized carbons (Fsp3) is 0.200. The quantitative estimate of drug-likeness (QED) is 0.614. The zero-order chi connectivity index (χ0) is 7.56. The second kappa shape index (κ2) is 2.81. The maximum Gasteiger partial charge on any atom is 0.149 e. The van der Waals surface area contributed by atoms with Crippen molar-refractivity contribution in [3.05, 3.63) is 17.0 Å². The van der Waals surface area contributed by atoms with Gasteiger partial charge in [-0.3, -0.25) is 4.98 Å². The minimum absolute atomic E-state index is 0.176. The largest absolute Gasteiger partial charge is 0.390 e. The van der Waals surface area contributed by atoms with E-state index in [1.807, 2.05) is 0 Å². The summed E-state index contributed by atoms with van der Waals surface area (Å²) in [6.45, 7) is -0.212. The van der Waals surface area contributed by atoms with Crippen LogP contribution in [0.25, 0.3) is 0 Å². The molecule has 54 valence electrons. The molecule has 0 amide bonds. The summed E-state index contributed by atoms with van der Waals surface area (Å²) in [4.78, 5) is 7.39. The van der Waals surface area contributed by atoms with Gasteiger partial charge in [-0.25, -0.2) is 4.98 Å². The van der Waals surface area contributed by atoms with Crippen LogP contribution in [0.2, 0.25) is 5.15 Å². The summed E-state index contributed by atoms with van der Waals surface area (Å²) >= 11 is 5.44. The number of nitrogens with zero attached hydrogens (tertiary/aromatic N) is 2. The van der Waals surface area contributed by atoms with Crippen LogP contribution < -0.4 is 5.73 Å². The molecule has 5 heteroatoms. The zero-order valence-corrected chi connectivity index (χ0v) is 5.84. The Bertz CT molecular complexity index is 240. The summed E-state index contributed by atoms with van der Waals surface area (Å²) < 4.78 is 0. The molecule has 0 radical (unpaired) electrons. The van der Waals surface area contributed by atoms with Crippen LogP contribution in [-0.2, 0) is 6.61 Å². The summed E-state index contributed by atoms with van der Waals surface area (Å²) in [6, 6.07) is 0. The summed E-state index contributed by atoms with van der Waals surface area (Å²) in [5.74, 6) is 0.176. The van der Waals surface area contributed by atoms with Crippen molar-refractivity contribution < 1.29 is 5.11 Å². The lowest BCUT2D eigenvalue weighted by atomic mass is 10.4. The van der Waals surface area contributed by atoms with Crippen LogP contribution in [0.15, 0.2) is 6.20 Å². The number of aliphatic hydroxyl groups excluding tert-OH is 1. The highest BCUT2D eigenvalue weighted by Crippen LogP contribution is 2.08. The van der Waals surface area contributed by atoms with Gasteiger partial charge < -0.3 is 10.8 Å². The van der Waals surface area contributed by atoms with E-state index in [9.17, 15) is 0 Å². The highest BCUT2D eigenvalue weighted by atomic mass is 35.5. The van der Waals surface area contributed by atoms with Crippen LogP contribution >= 0.6 is 11.6 Å². The van der Waals surface area contributed by atoms with Crippen molar-refractivity contribution in [2.75, 3.05) is 5.73 Å². The Morgan fingerprint density at radius 1 is 1.70 bits per heavy atom. The van der Waals surface area contributed by atoms with Crippen molar-refractivity contribution in [2.45, 2.75) is 6.61 Å². The molecule has 0 spiro atoms. The van der Waals surface area contributed by atoms with E-state index < -0.39 is 0 Å². The van der Waals surface area contributed by atoms with Crippen LogP contribution in [0, 0.1) is 0 Å². The lowest BCUT2D eigenvalue weighted by molar-refractivity contribution is 0.277. The predicted molar refractivity (Wildman–Crippen MR) is 37.4 cm³/mol. The van der Waals surface area contributed by atoms with Crippen molar-refractivity contribution >= 4 is 17.4 Å². The maximum atomic E-state index is 8.58. The van der Waals surface area contributed by atoms with Crippen LogP contribution in [0.1, 0.15) is 5.69 Å². The first-order chi connectivity index (χ1) is 4.74. The number of hydrogen-bond donors (Lipinski definition) is 2. The number of hydrogen-bond acceptors (Lipinski definition) is 4. The highest BCUT2D eigenvalue weighted by Gasteiger charge is 1.99. The Hall–Kier alpha value is -0.870. The lowest BCUT2D eigenvalue weighted by Crippen LogP contribution is -2.00. The third-order valence-electron chi connectivity index (χ3n) is 1.000. The SMILES string of the molecule is Nc1nc(Cl)cnc1CO. The number of aliphatic hydroxyl groups is 1. The van der Waals surface area contributed by atoms with Crippen molar-refractivity contribution in [3.63, 3.8) is 0 Å². The van der Waals surface area contributed by atoms with Crippen LogP contribution in [-0.4, -0.2) is 15.1 Å². The van der Waals surface area contributed by atoms with Crippen LogP contribution in [0.4, 0.5) is 5.82 Å². The van der Waals surface area contributed by atoms with Gasteiger partial charge in [-0.1, -0.05) is 11.6 Å². The van der Waals surface area contributed by atoms with Gasteiger partial charge in [0.1, 0.15) is 16.7 Å². The average molecular weight is 160 g/mol. The number of nitrogen functional groups attached to an aromatic ring is 1. The van der Waals surface area contributed by atoms with E-state index >= 15 is 0 Å². The second-order valence-electron chi connectivity index (χ2n) is 1.68. The van der Waals surface area contributed by atoms with Gasteiger partial charge in [0, 0.05) is 0 Å². The minimum atomic E-state index is -0.212. The van der Waals surface area contributed by atoms with Crippen LogP contribution in [0.3, 0.4) is 0 Å². The lowest BCUT2D eigenvalue weighted by Gasteiger charge is -1.97. The Labute approximate surface area is 62.7 Å². The van der Waals surface area contributed by atoms with E-state index in [0.29, 0.717) is 5.69 Å². The van der Waals surface area contributed by atoms with Crippen molar-refractivity contribution in [1.82, 2.24) is 9.97 Å². The molecule has 0 saturated carbocycles. The third kappa shape index (κ3) is 1.34. The standard InChI is InChI=1S/C5H6ClN3O/c6-4-1-8-3(2-10)5(7)9-4/h1,10H,2H2,(H2,7,9). The molecule has 10 heavy (non-hydrogen) atoms. The van der Waals surface area contributed by atoms with Crippen LogP contribution in [0.5, 0.6) is 0 Å². The molecule has 1 rings (SSSR count). The monoisotopic (exact) mass is 159 g/mol. The maximum absolute atomic E-state index is 8.58. The highest BCUT2D eigenvalue weighted by molar-refractivity contribution is 6.29. The van der Waals surface area contributed by atoms with E-state index in [-0.39, 0.29) is 17.6 Å². The van der Waals surface area contributed by atoms with Gasteiger partial charge in [-0.05, 0) is 0 Å². The minimum Gasteiger partial charge on any atom is -0.390 e. The molecule has 0 aliphatic heterocycles. The molecule has 0 fully saturated rings. The smallest absolute Gasteiger partial charge is 0.149 e. The molecule has 0 atom stereocenters. The van der Waals surface area contributed by atoms with Crippen molar-refractivity contribution in [2.24, 2.45) is 0 Å². The average Bonchev–Trinajstić information content (AvgIpc) is 1.88. The molecule has 1 aromatic rings. The van der Waals surface area contributed by atoms with E-state index in [1.54, 1.807) is 0 Å².